The van der Waals surface area contributed by atoms with E-state index in [9.17, 15) is 21.6 Å². The summed E-state index contributed by atoms with van der Waals surface area (Å²) >= 11 is 0.747. The number of imidazole rings is 1. The molecule has 2 atom stereocenters. The predicted molar refractivity (Wildman–Crippen MR) is 134 cm³/mol. The van der Waals surface area contributed by atoms with Gasteiger partial charge in [-0.25, -0.2) is 31.3 Å². The molecule has 0 bridgehead atoms. The molecular formula is C23H28F3N7O2S2. The lowest BCUT2D eigenvalue weighted by atomic mass is 10.1. The summed E-state index contributed by atoms with van der Waals surface area (Å²) in [5.41, 5.74) is -0.273. The molecule has 2 saturated carbocycles. The molecule has 200 valence electrons. The van der Waals surface area contributed by atoms with Crippen molar-refractivity contribution >= 4 is 32.7 Å². The number of anilines is 1. The van der Waals surface area contributed by atoms with E-state index >= 15 is 0 Å². The molecule has 2 aliphatic carbocycles. The molecule has 1 aliphatic heterocycles. The van der Waals surface area contributed by atoms with Gasteiger partial charge in [0.2, 0.25) is 10.0 Å². The molecule has 0 amide bonds. The SMILES string of the molecule is C[C@H]1CN(c2cc(S(=O)(=O)NC3(CF)CC3)cc3c(-c4nnc(C(F)F)s4)nc(C4CC4)n23)C[C@H](C)N1. The average molecular weight is 556 g/mol. The summed E-state index contributed by atoms with van der Waals surface area (Å²) in [5, 5.41) is 10.9. The van der Waals surface area contributed by atoms with Crippen molar-refractivity contribution in [1.82, 2.24) is 29.6 Å². The van der Waals surface area contributed by atoms with Crippen LogP contribution in [0.3, 0.4) is 0 Å². The summed E-state index contributed by atoms with van der Waals surface area (Å²) < 4.78 is 71.7. The molecule has 3 aromatic heterocycles. The van der Waals surface area contributed by atoms with Crippen LogP contribution in [0.5, 0.6) is 0 Å². The van der Waals surface area contributed by atoms with Crippen LogP contribution in [0.2, 0.25) is 0 Å². The van der Waals surface area contributed by atoms with E-state index in [1.807, 2.05) is 4.40 Å². The van der Waals surface area contributed by atoms with Crippen LogP contribution in [0, 0.1) is 0 Å². The second-order valence-electron chi connectivity index (χ2n) is 10.5. The van der Waals surface area contributed by atoms with E-state index in [0.29, 0.717) is 43.0 Å². The fourth-order valence-electron chi connectivity index (χ4n) is 5.04. The second-order valence-corrected chi connectivity index (χ2v) is 13.2. The van der Waals surface area contributed by atoms with Gasteiger partial charge in [-0.1, -0.05) is 11.3 Å². The molecule has 0 spiro atoms. The van der Waals surface area contributed by atoms with Gasteiger partial charge in [-0.15, -0.1) is 10.2 Å². The predicted octanol–water partition coefficient (Wildman–Crippen LogP) is 3.63. The third-order valence-corrected chi connectivity index (χ3v) is 9.64. The van der Waals surface area contributed by atoms with Gasteiger partial charge in [-0.05, 0) is 51.7 Å². The van der Waals surface area contributed by atoms with Gasteiger partial charge in [0, 0.05) is 31.1 Å². The van der Waals surface area contributed by atoms with E-state index in [4.69, 9.17) is 4.98 Å². The normalized spacial score (nSPS) is 23.8. The second kappa shape index (κ2) is 8.89. The molecule has 2 N–H and O–H groups in total. The lowest BCUT2D eigenvalue weighted by molar-refractivity contribution is 0.150. The van der Waals surface area contributed by atoms with Crippen LogP contribution in [-0.4, -0.2) is 65.4 Å². The minimum absolute atomic E-state index is 0.0179. The number of pyridine rings is 1. The fraction of sp³-hybridized carbons (Fsp3) is 0.609. The van der Waals surface area contributed by atoms with Gasteiger partial charge < -0.3 is 10.2 Å². The van der Waals surface area contributed by atoms with Crippen LogP contribution >= 0.6 is 11.3 Å². The molecule has 14 heteroatoms. The van der Waals surface area contributed by atoms with Crippen molar-refractivity contribution in [3.8, 4) is 10.7 Å². The highest BCUT2D eigenvalue weighted by Crippen LogP contribution is 2.45. The van der Waals surface area contributed by atoms with Gasteiger partial charge in [0.05, 0.1) is 16.0 Å². The number of rotatable bonds is 8. The summed E-state index contributed by atoms with van der Waals surface area (Å²) in [6.07, 6.45) is -0.0138. The maximum atomic E-state index is 13.6. The molecule has 37 heavy (non-hydrogen) atoms. The standard InChI is InChI=1S/C23H28F3N7O2S2/c1-12-9-32(10-13(2)27-12)17-8-15(37(34,35)31-23(11-24)5-6-23)7-16-18(21-29-30-22(36-21)19(25)26)28-20(33(16)17)14-3-4-14/h7-8,12-14,19,27,31H,3-6,9-11H2,1-2H3/t12-,13-/m0/s1. The monoisotopic (exact) mass is 555 g/mol. The Kier molecular flexibility index (Phi) is 6.01. The lowest BCUT2D eigenvalue weighted by Crippen LogP contribution is -2.54. The highest BCUT2D eigenvalue weighted by Gasteiger charge is 2.46. The number of nitrogens with one attached hydrogen (secondary N) is 2. The van der Waals surface area contributed by atoms with Crippen LogP contribution in [0.1, 0.15) is 62.7 Å². The quantitative estimate of drug-likeness (QED) is 0.437. The lowest BCUT2D eigenvalue weighted by Gasteiger charge is -2.38. The van der Waals surface area contributed by atoms with Crippen LogP contribution in [0.4, 0.5) is 19.0 Å². The van der Waals surface area contributed by atoms with E-state index in [2.05, 4.69) is 39.0 Å². The van der Waals surface area contributed by atoms with Crippen molar-refractivity contribution in [1.29, 1.82) is 0 Å². The highest BCUT2D eigenvalue weighted by atomic mass is 32.2. The summed E-state index contributed by atoms with van der Waals surface area (Å²) in [7, 11) is -4.08. The Balaban J connectivity index is 1.57. The third-order valence-electron chi connectivity index (χ3n) is 7.14. The largest absolute Gasteiger partial charge is 0.355 e. The van der Waals surface area contributed by atoms with Crippen molar-refractivity contribution in [2.45, 2.75) is 74.4 Å². The van der Waals surface area contributed by atoms with E-state index < -0.39 is 33.7 Å². The minimum Gasteiger partial charge on any atom is -0.355 e. The Morgan fingerprint density at radius 3 is 2.46 bits per heavy atom. The van der Waals surface area contributed by atoms with E-state index in [1.165, 1.54) is 6.07 Å². The van der Waals surface area contributed by atoms with E-state index in [-0.39, 0.29) is 27.9 Å². The van der Waals surface area contributed by atoms with Crippen molar-refractivity contribution in [3.05, 3.63) is 23.0 Å². The van der Waals surface area contributed by atoms with Crippen LogP contribution < -0.4 is 14.9 Å². The zero-order chi connectivity index (χ0) is 26.1. The number of piperazine rings is 1. The molecule has 0 radical (unpaired) electrons. The van der Waals surface area contributed by atoms with Crippen molar-refractivity contribution in [3.63, 3.8) is 0 Å². The van der Waals surface area contributed by atoms with Crippen molar-refractivity contribution in [2.24, 2.45) is 0 Å². The van der Waals surface area contributed by atoms with E-state index in [1.54, 1.807) is 6.07 Å². The Morgan fingerprint density at radius 2 is 1.89 bits per heavy atom. The summed E-state index contributed by atoms with van der Waals surface area (Å²) in [5.74, 6) is 1.59. The van der Waals surface area contributed by atoms with Gasteiger partial charge in [-0.2, -0.15) is 0 Å². The fourth-order valence-corrected chi connectivity index (χ4v) is 7.22. The maximum absolute atomic E-state index is 13.6. The molecule has 3 fully saturated rings. The van der Waals surface area contributed by atoms with Crippen molar-refractivity contribution in [2.75, 3.05) is 24.7 Å². The Bertz CT molecular complexity index is 1440. The van der Waals surface area contributed by atoms with Gasteiger partial charge in [0.25, 0.3) is 6.43 Å². The number of halogens is 3. The average Bonchev–Trinajstić information content (AvgIpc) is 3.74. The highest BCUT2D eigenvalue weighted by molar-refractivity contribution is 7.89. The molecular weight excluding hydrogens is 527 g/mol. The van der Waals surface area contributed by atoms with Gasteiger partial charge in [0.1, 0.15) is 24.0 Å². The Hall–Kier alpha value is -2.29. The molecule has 0 unspecified atom stereocenters. The number of sulfonamides is 1. The maximum Gasteiger partial charge on any atom is 0.291 e. The number of hydrogen-bond donors (Lipinski definition) is 2. The van der Waals surface area contributed by atoms with Gasteiger partial charge >= 0.3 is 0 Å². The molecule has 1 saturated heterocycles. The smallest absolute Gasteiger partial charge is 0.291 e. The first-order valence-electron chi connectivity index (χ1n) is 12.4. The molecule has 3 aliphatic rings. The number of alkyl halides is 3. The molecule has 9 nitrogen and oxygen atoms in total. The first kappa shape index (κ1) is 25.0. The van der Waals surface area contributed by atoms with Crippen LogP contribution in [0.15, 0.2) is 17.0 Å². The molecule has 0 aromatic carbocycles. The Labute approximate surface area is 216 Å². The molecule has 3 aromatic rings. The van der Waals surface area contributed by atoms with Crippen LogP contribution in [-0.2, 0) is 10.0 Å². The number of aromatic nitrogens is 4. The molecule has 6 rings (SSSR count). The first-order valence-corrected chi connectivity index (χ1v) is 14.7. The summed E-state index contributed by atoms with van der Waals surface area (Å²) in [4.78, 5) is 6.93. The summed E-state index contributed by atoms with van der Waals surface area (Å²) in [6, 6.07) is 3.42. The summed E-state index contributed by atoms with van der Waals surface area (Å²) in [6.45, 7) is 4.62. The number of nitrogens with zero attached hydrogens (tertiary/aromatic N) is 5. The number of hydrogen-bond acceptors (Lipinski definition) is 8. The van der Waals surface area contributed by atoms with Crippen LogP contribution in [0.25, 0.3) is 16.2 Å². The zero-order valence-electron chi connectivity index (χ0n) is 20.4. The Morgan fingerprint density at radius 1 is 1.19 bits per heavy atom. The topological polar surface area (TPSA) is 105 Å². The zero-order valence-corrected chi connectivity index (χ0v) is 22.0. The van der Waals surface area contributed by atoms with E-state index in [0.717, 1.165) is 30.0 Å². The first-order chi connectivity index (χ1) is 17.6. The molecule has 4 heterocycles. The van der Waals surface area contributed by atoms with Crippen molar-refractivity contribution < 1.29 is 21.6 Å². The third kappa shape index (κ3) is 4.61. The number of fused-ring (bicyclic) bond motifs is 1. The van der Waals surface area contributed by atoms with Gasteiger partial charge in [0.15, 0.2) is 10.0 Å². The van der Waals surface area contributed by atoms with Gasteiger partial charge in [-0.3, -0.25) is 4.40 Å². The minimum atomic E-state index is -4.08.